The summed E-state index contributed by atoms with van der Waals surface area (Å²) in [4.78, 5) is 47.2. The van der Waals surface area contributed by atoms with E-state index in [4.69, 9.17) is 4.74 Å². The number of imidazole rings is 1. The molecule has 0 saturated heterocycles. The van der Waals surface area contributed by atoms with Crippen molar-refractivity contribution in [2.75, 3.05) is 7.11 Å². The molecule has 0 amide bonds. The Morgan fingerprint density at radius 2 is 1.89 bits per heavy atom. The van der Waals surface area contributed by atoms with Crippen LogP contribution in [0.4, 0.5) is 0 Å². The van der Waals surface area contributed by atoms with E-state index < -0.39 is 17.4 Å². The van der Waals surface area contributed by atoms with Gasteiger partial charge in [0.05, 0.1) is 30.9 Å². The molecule has 0 aliphatic carbocycles. The summed E-state index contributed by atoms with van der Waals surface area (Å²) in [7, 11) is 1.26. The highest BCUT2D eigenvalue weighted by Gasteiger charge is 2.29. The molecule has 37 heavy (non-hydrogen) atoms. The van der Waals surface area contributed by atoms with Crippen LogP contribution < -0.4 is 11.1 Å². The van der Waals surface area contributed by atoms with Crippen LogP contribution in [0.15, 0.2) is 58.5 Å². The summed E-state index contributed by atoms with van der Waals surface area (Å²) < 4.78 is 8.16. The van der Waals surface area contributed by atoms with E-state index in [1.54, 1.807) is 34.6 Å². The molecule has 3 heterocycles. The fourth-order valence-electron chi connectivity index (χ4n) is 4.79. The molecule has 9 nitrogen and oxygen atoms in total. The third kappa shape index (κ3) is 5.35. The van der Waals surface area contributed by atoms with Crippen molar-refractivity contribution < 1.29 is 14.6 Å². The Labute approximate surface area is 214 Å². The van der Waals surface area contributed by atoms with Gasteiger partial charge in [0.1, 0.15) is 5.75 Å². The highest BCUT2D eigenvalue weighted by molar-refractivity contribution is 5.80. The molecule has 0 bridgehead atoms. The van der Waals surface area contributed by atoms with Crippen molar-refractivity contribution in [2.24, 2.45) is 5.92 Å². The maximum absolute atomic E-state index is 13.9. The first-order valence-electron chi connectivity index (χ1n) is 12.3. The Bertz CT molecular complexity index is 1530. The first-order chi connectivity index (χ1) is 17.7. The number of aromatic nitrogens is 4. The number of benzene rings is 1. The molecule has 0 saturated carbocycles. The van der Waals surface area contributed by atoms with Crippen LogP contribution in [-0.4, -0.2) is 37.3 Å². The summed E-state index contributed by atoms with van der Waals surface area (Å²) >= 11 is 0. The number of hydrogen-bond acceptors (Lipinski definition) is 6. The van der Waals surface area contributed by atoms with E-state index in [9.17, 15) is 19.5 Å². The Kier molecular flexibility index (Phi) is 7.61. The molecule has 0 spiro atoms. The zero-order valence-electron chi connectivity index (χ0n) is 21.5. The van der Waals surface area contributed by atoms with Gasteiger partial charge in [-0.2, -0.15) is 0 Å². The minimum absolute atomic E-state index is 0.00379. The van der Waals surface area contributed by atoms with Gasteiger partial charge in [0.25, 0.3) is 11.1 Å². The number of nitrogens with zero attached hydrogens (tertiary/aromatic N) is 3. The van der Waals surface area contributed by atoms with Crippen molar-refractivity contribution in [3.05, 3.63) is 92.1 Å². The summed E-state index contributed by atoms with van der Waals surface area (Å²) in [6, 6.07) is 10.7. The smallest absolute Gasteiger partial charge is 0.306 e. The Morgan fingerprint density at radius 1 is 1.14 bits per heavy atom. The Balaban J connectivity index is 1.93. The number of ether oxygens (including phenoxy) is 1. The molecule has 2 N–H and O–H groups in total. The largest absolute Gasteiger partial charge is 0.507 e. The zero-order chi connectivity index (χ0) is 26.7. The molecule has 9 heteroatoms. The number of fused-ring (bicyclic) bond motifs is 1. The van der Waals surface area contributed by atoms with E-state index in [2.05, 4.69) is 9.97 Å². The van der Waals surface area contributed by atoms with Crippen molar-refractivity contribution in [1.82, 2.24) is 19.1 Å². The third-order valence-electron chi connectivity index (χ3n) is 6.58. The lowest BCUT2D eigenvalue weighted by Gasteiger charge is -2.22. The normalized spacial score (nSPS) is 12.2. The standard InChI is InChI=1S/C28H32N4O5/c1-17(2)15-32-23-8-6-5-7-19(23)12-22(27(32)35)21(13-25(34)37-4)26-24(33)11-18(3)31(28(26)36)10-9-20-14-29-16-30-20/h5-8,11-12,14,16-17,21,33H,9-10,13,15H2,1-4H3,(H,29,30). The van der Waals surface area contributed by atoms with Crippen molar-refractivity contribution in [2.45, 2.75) is 52.6 Å². The number of aryl methyl sites for hydroxylation is 2. The summed E-state index contributed by atoms with van der Waals surface area (Å²) in [5.74, 6) is -1.65. The van der Waals surface area contributed by atoms with Gasteiger partial charge < -0.3 is 24.0 Å². The topological polar surface area (TPSA) is 119 Å². The highest BCUT2D eigenvalue weighted by atomic mass is 16.5. The second kappa shape index (κ2) is 10.9. The monoisotopic (exact) mass is 504 g/mol. The van der Waals surface area contributed by atoms with Gasteiger partial charge in [-0.05, 0) is 36.4 Å². The number of aromatic amines is 1. The summed E-state index contributed by atoms with van der Waals surface area (Å²) in [6.07, 6.45) is 3.51. The van der Waals surface area contributed by atoms with Crippen LogP contribution in [0.5, 0.6) is 5.75 Å². The molecule has 0 fully saturated rings. The molecule has 1 atom stereocenters. The lowest BCUT2D eigenvalue weighted by molar-refractivity contribution is -0.140. The van der Waals surface area contributed by atoms with Gasteiger partial charge in [0.2, 0.25) is 0 Å². The lowest BCUT2D eigenvalue weighted by Crippen LogP contribution is -2.33. The number of para-hydroxylation sites is 1. The molecule has 0 radical (unpaired) electrons. The molecule has 3 aromatic heterocycles. The van der Waals surface area contributed by atoms with Crippen LogP contribution >= 0.6 is 0 Å². The number of aromatic hydroxyl groups is 1. The van der Waals surface area contributed by atoms with Crippen LogP contribution in [0.1, 0.15) is 48.7 Å². The van der Waals surface area contributed by atoms with E-state index in [1.807, 2.05) is 38.1 Å². The lowest BCUT2D eigenvalue weighted by atomic mass is 9.88. The summed E-state index contributed by atoms with van der Waals surface area (Å²) in [6.45, 7) is 6.57. The van der Waals surface area contributed by atoms with Crippen LogP contribution in [-0.2, 0) is 29.0 Å². The van der Waals surface area contributed by atoms with E-state index in [0.717, 1.165) is 16.6 Å². The zero-order valence-corrected chi connectivity index (χ0v) is 21.5. The van der Waals surface area contributed by atoms with Gasteiger partial charge in [-0.25, -0.2) is 4.98 Å². The van der Waals surface area contributed by atoms with Crippen molar-refractivity contribution in [1.29, 1.82) is 0 Å². The third-order valence-corrected chi connectivity index (χ3v) is 6.58. The average Bonchev–Trinajstić information content (AvgIpc) is 3.38. The number of carbonyl (C=O) groups is 1. The number of esters is 1. The fourth-order valence-corrected chi connectivity index (χ4v) is 4.79. The maximum atomic E-state index is 13.9. The fraction of sp³-hybridized carbons (Fsp3) is 0.357. The van der Waals surface area contributed by atoms with Gasteiger partial charge in [-0.1, -0.05) is 32.0 Å². The minimum atomic E-state index is -0.991. The number of nitrogens with one attached hydrogen (secondary N) is 1. The quantitative estimate of drug-likeness (QED) is 0.337. The number of rotatable bonds is 9. The number of methoxy groups -OCH3 is 1. The van der Waals surface area contributed by atoms with Crippen LogP contribution in [0.2, 0.25) is 0 Å². The molecular weight excluding hydrogens is 472 g/mol. The van der Waals surface area contributed by atoms with Crippen LogP contribution in [0.3, 0.4) is 0 Å². The highest BCUT2D eigenvalue weighted by Crippen LogP contribution is 2.32. The summed E-state index contributed by atoms with van der Waals surface area (Å²) in [5, 5.41) is 11.8. The van der Waals surface area contributed by atoms with Gasteiger partial charge in [0, 0.05) is 48.6 Å². The molecule has 1 aromatic carbocycles. The molecular formula is C28H32N4O5. The van der Waals surface area contributed by atoms with E-state index in [-0.39, 0.29) is 34.8 Å². The molecule has 4 rings (SSSR count). The van der Waals surface area contributed by atoms with E-state index in [0.29, 0.717) is 25.2 Å². The van der Waals surface area contributed by atoms with Crippen LogP contribution in [0, 0.1) is 12.8 Å². The van der Waals surface area contributed by atoms with E-state index in [1.165, 1.54) is 13.2 Å². The second-order valence-electron chi connectivity index (χ2n) is 9.67. The van der Waals surface area contributed by atoms with Crippen molar-refractivity contribution in [3.8, 4) is 5.75 Å². The maximum Gasteiger partial charge on any atom is 0.306 e. The van der Waals surface area contributed by atoms with Crippen LogP contribution in [0.25, 0.3) is 10.9 Å². The van der Waals surface area contributed by atoms with Gasteiger partial charge in [-0.3, -0.25) is 14.4 Å². The molecule has 0 aliphatic heterocycles. The molecule has 194 valence electrons. The predicted octanol–water partition coefficient (Wildman–Crippen LogP) is 3.49. The molecule has 4 aromatic rings. The number of hydrogen-bond donors (Lipinski definition) is 2. The molecule has 1 unspecified atom stereocenters. The van der Waals surface area contributed by atoms with E-state index >= 15 is 0 Å². The first kappa shape index (κ1) is 25.9. The average molecular weight is 505 g/mol. The van der Waals surface area contributed by atoms with Crippen molar-refractivity contribution >= 4 is 16.9 Å². The molecule has 0 aliphatic rings. The number of H-pyrrole nitrogens is 1. The second-order valence-corrected chi connectivity index (χ2v) is 9.67. The van der Waals surface area contributed by atoms with Crippen molar-refractivity contribution in [3.63, 3.8) is 0 Å². The van der Waals surface area contributed by atoms with Gasteiger partial charge in [-0.15, -0.1) is 0 Å². The predicted molar refractivity (Wildman–Crippen MR) is 141 cm³/mol. The minimum Gasteiger partial charge on any atom is -0.507 e. The first-order valence-corrected chi connectivity index (χ1v) is 12.3. The number of carbonyl (C=O) groups excluding carboxylic acids is 1. The Hall–Kier alpha value is -4.14. The van der Waals surface area contributed by atoms with Gasteiger partial charge in [0.15, 0.2) is 0 Å². The van der Waals surface area contributed by atoms with Gasteiger partial charge >= 0.3 is 5.97 Å². The summed E-state index contributed by atoms with van der Waals surface area (Å²) in [5.41, 5.74) is 1.71. The SMILES string of the molecule is COC(=O)CC(c1c(O)cc(C)n(CCc2cnc[nH]2)c1=O)c1cc2ccccc2n(CC(C)C)c1=O. The number of pyridine rings is 2. The Morgan fingerprint density at radius 3 is 2.57 bits per heavy atom.